The monoisotopic (exact) mass is 371 g/mol. The van der Waals surface area contributed by atoms with Crippen LogP contribution in [0.3, 0.4) is 0 Å². The molecule has 0 aliphatic rings. The molecule has 0 fully saturated rings. The summed E-state index contributed by atoms with van der Waals surface area (Å²) in [5, 5.41) is 0. The zero-order valence-electron chi connectivity index (χ0n) is 16.1. The third-order valence-electron chi connectivity index (χ3n) is 4.27. The second kappa shape index (κ2) is 12.2. The van der Waals surface area contributed by atoms with E-state index in [-0.39, 0.29) is 12.1 Å². The molecule has 2 aromatic carbocycles. The van der Waals surface area contributed by atoms with E-state index in [1.807, 2.05) is 60.7 Å². The smallest absolute Gasteiger partial charge is 0.325 e. The van der Waals surface area contributed by atoms with Crippen molar-refractivity contribution in [3.8, 4) is 0 Å². The molecule has 146 valence electrons. The van der Waals surface area contributed by atoms with Crippen molar-refractivity contribution in [1.82, 2.24) is 5.48 Å². The number of rotatable bonds is 12. The summed E-state index contributed by atoms with van der Waals surface area (Å²) in [6, 6.07) is 19.4. The first-order chi connectivity index (χ1) is 13.2. The molecule has 0 bridgehead atoms. The van der Waals surface area contributed by atoms with Crippen LogP contribution in [0.25, 0.3) is 0 Å². The Morgan fingerprint density at radius 2 is 1.52 bits per heavy atom. The fourth-order valence-electron chi connectivity index (χ4n) is 2.67. The molecule has 0 heterocycles. The first kappa shape index (κ1) is 21.1. The van der Waals surface area contributed by atoms with Crippen molar-refractivity contribution in [2.75, 3.05) is 7.11 Å². The van der Waals surface area contributed by atoms with Crippen molar-refractivity contribution in [3.63, 3.8) is 0 Å². The minimum atomic E-state index is -0.486. The summed E-state index contributed by atoms with van der Waals surface area (Å²) in [5.74, 6) is -0.319. The van der Waals surface area contributed by atoms with E-state index in [1.165, 1.54) is 7.11 Å². The van der Waals surface area contributed by atoms with Gasteiger partial charge in [0.15, 0.2) is 0 Å². The van der Waals surface area contributed by atoms with Crippen molar-refractivity contribution in [2.45, 2.75) is 51.5 Å². The molecule has 0 saturated heterocycles. The third-order valence-corrected chi connectivity index (χ3v) is 4.27. The predicted molar refractivity (Wildman–Crippen MR) is 105 cm³/mol. The highest BCUT2D eigenvalue weighted by Gasteiger charge is 2.19. The fraction of sp³-hybridized carbons (Fsp3) is 0.409. The van der Waals surface area contributed by atoms with E-state index in [2.05, 4.69) is 12.4 Å². The molecule has 2 aromatic rings. The van der Waals surface area contributed by atoms with E-state index in [1.54, 1.807) is 0 Å². The number of carbonyl (C=O) groups excluding carboxylic acids is 1. The second-order valence-corrected chi connectivity index (χ2v) is 6.51. The zero-order valence-corrected chi connectivity index (χ0v) is 16.1. The quantitative estimate of drug-likeness (QED) is 0.451. The Morgan fingerprint density at radius 3 is 2.11 bits per heavy atom. The first-order valence-electron chi connectivity index (χ1n) is 9.33. The van der Waals surface area contributed by atoms with Crippen LogP contribution in [0, 0.1) is 0 Å². The maximum Gasteiger partial charge on any atom is 0.325 e. The Bertz CT molecular complexity index is 648. The van der Waals surface area contributed by atoms with Gasteiger partial charge >= 0.3 is 5.97 Å². The van der Waals surface area contributed by atoms with Crippen LogP contribution in [0.4, 0.5) is 0 Å². The Labute approximate surface area is 161 Å². The summed E-state index contributed by atoms with van der Waals surface area (Å²) in [7, 11) is 1.39. The van der Waals surface area contributed by atoms with Crippen molar-refractivity contribution >= 4 is 5.97 Å². The van der Waals surface area contributed by atoms with Crippen LogP contribution in [-0.4, -0.2) is 25.2 Å². The topological polar surface area (TPSA) is 56.8 Å². The zero-order chi connectivity index (χ0) is 19.3. The summed E-state index contributed by atoms with van der Waals surface area (Å²) >= 11 is 0. The number of benzene rings is 2. The molecular formula is C22H29NO4. The van der Waals surface area contributed by atoms with Gasteiger partial charge in [-0.1, -0.05) is 60.7 Å². The molecule has 0 saturated carbocycles. The number of hydrogen-bond acceptors (Lipinski definition) is 5. The molecule has 0 radical (unpaired) electrons. The van der Waals surface area contributed by atoms with Gasteiger partial charge in [-0.2, -0.15) is 5.48 Å². The van der Waals surface area contributed by atoms with Crippen molar-refractivity contribution in [1.29, 1.82) is 0 Å². The summed E-state index contributed by atoms with van der Waals surface area (Å²) in [5.41, 5.74) is 5.03. The molecule has 0 aromatic heterocycles. The SMILES string of the molecule is COC(=O)[C@@H](CCC[C@H](C)OCc1ccccc1)NOCc1ccccc1. The van der Waals surface area contributed by atoms with Gasteiger partial charge in [0.2, 0.25) is 0 Å². The lowest BCUT2D eigenvalue weighted by Crippen LogP contribution is -2.37. The average molecular weight is 371 g/mol. The molecule has 0 spiro atoms. The molecule has 0 amide bonds. The molecule has 1 N–H and O–H groups in total. The lowest BCUT2D eigenvalue weighted by Gasteiger charge is -2.18. The Kier molecular flexibility index (Phi) is 9.55. The number of ether oxygens (including phenoxy) is 2. The molecule has 0 unspecified atom stereocenters. The van der Waals surface area contributed by atoms with Crippen LogP contribution in [-0.2, 0) is 32.3 Å². The minimum absolute atomic E-state index is 0.119. The Morgan fingerprint density at radius 1 is 0.926 bits per heavy atom. The van der Waals surface area contributed by atoms with E-state index >= 15 is 0 Å². The summed E-state index contributed by atoms with van der Waals surface area (Å²) < 4.78 is 10.7. The fourth-order valence-corrected chi connectivity index (χ4v) is 2.67. The van der Waals surface area contributed by atoms with Gasteiger partial charge in [0.25, 0.3) is 0 Å². The van der Waals surface area contributed by atoms with E-state index in [0.29, 0.717) is 19.6 Å². The summed E-state index contributed by atoms with van der Waals surface area (Å²) in [4.78, 5) is 17.4. The van der Waals surface area contributed by atoms with Crippen LogP contribution < -0.4 is 5.48 Å². The molecular weight excluding hydrogens is 342 g/mol. The van der Waals surface area contributed by atoms with E-state index < -0.39 is 6.04 Å². The third kappa shape index (κ3) is 8.35. The van der Waals surface area contributed by atoms with E-state index in [0.717, 1.165) is 24.0 Å². The van der Waals surface area contributed by atoms with Gasteiger partial charge in [-0.05, 0) is 37.3 Å². The van der Waals surface area contributed by atoms with E-state index in [9.17, 15) is 4.79 Å². The van der Waals surface area contributed by atoms with Crippen molar-refractivity contribution in [2.24, 2.45) is 0 Å². The highest BCUT2D eigenvalue weighted by Crippen LogP contribution is 2.11. The normalized spacial score (nSPS) is 13.1. The van der Waals surface area contributed by atoms with Gasteiger partial charge in [0.1, 0.15) is 6.04 Å². The minimum Gasteiger partial charge on any atom is -0.468 e. The van der Waals surface area contributed by atoms with E-state index in [4.69, 9.17) is 14.3 Å². The van der Waals surface area contributed by atoms with Gasteiger partial charge in [0, 0.05) is 0 Å². The molecule has 2 atom stereocenters. The van der Waals surface area contributed by atoms with Crippen LogP contribution >= 0.6 is 0 Å². The molecule has 5 nitrogen and oxygen atoms in total. The van der Waals surface area contributed by atoms with Crippen LogP contribution in [0.1, 0.15) is 37.3 Å². The summed E-state index contributed by atoms with van der Waals surface area (Å²) in [6.07, 6.45) is 2.44. The molecule has 0 aliphatic carbocycles. The lowest BCUT2D eigenvalue weighted by atomic mass is 10.1. The highest BCUT2D eigenvalue weighted by atomic mass is 16.6. The largest absolute Gasteiger partial charge is 0.468 e. The Hall–Kier alpha value is -2.21. The van der Waals surface area contributed by atoms with Crippen molar-refractivity contribution < 1.29 is 19.1 Å². The molecule has 5 heteroatoms. The van der Waals surface area contributed by atoms with Gasteiger partial charge in [0.05, 0.1) is 26.4 Å². The number of hydrogen-bond donors (Lipinski definition) is 1. The average Bonchev–Trinajstić information content (AvgIpc) is 2.72. The first-order valence-corrected chi connectivity index (χ1v) is 9.33. The predicted octanol–water partition coefficient (Wildman–Crippen LogP) is 4.03. The second-order valence-electron chi connectivity index (χ2n) is 6.51. The van der Waals surface area contributed by atoms with Gasteiger partial charge in [-0.15, -0.1) is 0 Å². The van der Waals surface area contributed by atoms with Crippen LogP contribution in [0.5, 0.6) is 0 Å². The van der Waals surface area contributed by atoms with Crippen LogP contribution in [0.2, 0.25) is 0 Å². The summed E-state index contributed by atoms with van der Waals surface area (Å²) in [6.45, 7) is 3.04. The van der Waals surface area contributed by atoms with Gasteiger partial charge in [-0.3, -0.25) is 9.63 Å². The molecule has 27 heavy (non-hydrogen) atoms. The molecule has 2 rings (SSSR count). The van der Waals surface area contributed by atoms with Crippen LogP contribution in [0.15, 0.2) is 60.7 Å². The maximum absolute atomic E-state index is 11.9. The van der Waals surface area contributed by atoms with Gasteiger partial charge < -0.3 is 9.47 Å². The maximum atomic E-state index is 11.9. The van der Waals surface area contributed by atoms with Gasteiger partial charge in [-0.25, -0.2) is 0 Å². The highest BCUT2D eigenvalue weighted by molar-refractivity contribution is 5.75. The number of carbonyl (C=O) groups is 1. The standard InChI is InChI=1S/C22H29NO4/c1-18(26-16-19-11-5-3-6-12-19)10-9-15-21(22(24)25-2)23-27-17-20-13-7-4-8-14-20/h3-8,11-14,18,21,23H,9-10,15-17H2,1-2H3/t18-,21+/m0/s1. The molecule has 0 aliphatic heterocycles. The Balaban J connectivity index is 1.67. The number of esters is 1. The number of hydroxylamine groups is 1. The van der Waals surface area contributed by atoms with Crippen molar-refractivity contribution in [3.05, 3.63) is 71.8 Å². The number of nitrogens with one attached hydrogen (secondary N) is 1. The lowest BCUT2D eigenvalue weighted by molar-refractivity contribution is -0.148. The number of methoxy groups -OCH3 is 1.